The standard InChI is InChI=1S/C21H18N4O3S/c1-13-22-17(12-29-13)14-5-4-6-15(11-14)23-19(26)9-10-25-18-8-3-2-7-16(18)20(27)24-21(25)28/h2-8,11-12H,9-10H2,1H3,(H,23,26)(H,24,27,28). The van der Waals surface area contributed by atoms with Gasteiger partial charge in [-0.2, -0.15) is 0 Å². The minimum absolute atomic E-state index is 0.0932. The summed E-state index contributed by atoms with van der Waals surface area (Å²) in [7, 11) is 0. The first kappa shape index (κ1) is 18.8. The van der Waals surface area contributed by atoms with Gasteiger partial charge in [-0.25, -0.2) is 9.78 Å². The van der Waals surface area contributed by atoms with Crippen molar-refractivity contribution in [3.05, 3.63) is 79.8 Å². The van der Waals surface area contributed by atoms with Gasteiger partial charge in [0.1, 0.15) is 0 Å². The molecular formula is C21H18N4O3S. The Morgan fingerprint density at radius 1 is 1.17 bits per heavy atom. The number of aromatic amines is 1. The van der Waals surface area contributed by atoms with E-state index in [4.69, 9.17) is 0 Å². The Morgan fingerprint density at radius 3 is 2.79 bits per heavy atom. The quantitative estimate of drug-likeness (QED) is 0.532. The molecule has 2 aromatic carbocycles. The summed E-state index contributed by atoms with van der Waals surface area (Å²) in [5.74, 6) is -0.223. The molecule has 0 spiro atoms. The topological polar surface area (TPSA) is 96.8 Å². The Balaban J connectivity index is 1.50. The summed E-state index contributed by atoms with van der Waals surface area (Å²) in [4.78, 5) is 43.3. The number of nitrogens with one attached hydrogen (secondary N) is 2. The molecular weight excluding hydrogens is 388 g/mol. The third-order valence-corrected chi connectivity index (χ3v) is 5.30. The molecule has 4 aromatic rings. The first-order chi connectivity index (χ1) is 14.0. The smallest absolute Gasteiger partial charge is 0.326 e. The second-order valence-electron chi connectivity index (χ2n) is 6.56. The van der Waals surface area contributed by atoms with Gasteiger partial charge < -0.3 is 5.32 Å². The average Bonchev–Trinajstić information content (AvgIpc) is 3.14. The predicted octanol–water partition coefficient (Wildman–Crippen LogP) is 3.15. The fourth-order valence-electron chi connectivity index (χ4n) is 3.15. The maximum absolute atomic E-state index is 12.4. The van der Waals surface area contributed by atoms with Gasteiger partial charge in [-0.15, -0.1) is 11.3 Å². The van der Waals surface area contributed by atoms with Gasteiger partial charge in [0.05, 0.1) is 21.6 Å². The Hall–Kier alpha value is -3.52. The molecule has 146 valence electrons. The minimum Gasteiger partial charge on any atom is -0.326 e. The molecule has 0 atom stereocenters. The van der Waals surface area contributed by atoms with Crippen molar-refractivity contribution < 1.29 is 4.79 Å². The van der Waals surface area contributed by atoms with Crippen LogP contribution in [0.25, 0.3) is 22.2 Å². The molecule has 0 fully saturated rings. The van der Waals surface area contributed by atoms with Crippen molar-refractivity contribution in [3.63, 3.8) is 0 Å². The maximum atomic E-state index is 12.4. The lowest BCUT2D eigenvalue weighted by atomic mass is 10.1. The molecule has 0 radical (unpaired) electrons. The highest BCUT2D eigenvalue weighted by molar-refractivity contribution is 7.09. The number of benzene rings is 2. The normalized spacial score (nSPS) is 10.9. The van der Waals surface area contributed by atoms with Crippen LogP contribution in [-0.4, -0.2) is 20.4 Å². The molecule has 8 heteroatoms. The number of anilines is 1. The molecule has 4 rings (SSSR count). The number of rotatable bonds is 5. The van der Waals surface area contributed by atoms with Crippen LogP contribution in [0.2, 0.25) is 0 Å². The summed E-state index contributed by atoms with van der Waals surface area (Å²) >= 11 is 1.57. The summed E-state index contributed by atoms with van der Waals surface area (Å²) in [5, 5.41) is 6.23. The second-order valence-corrected chi connectivity index (χ2v) is 7.62. The van der Waals surface area contributed by atoms with Crippen molar-refractivity contribution in [1.82, 2.24) is 14.5 Å². The Morgan fingerprint density at radius 2 is 2.00 bits per heavy atom. The monoisotopic (exact) mass is 406 g/mol. The Labute approximate surface area is 169 Å². The van der Waals surface area contributed by atoms with Crippen molar-refractivity contribution >= 4 is 33.8 Å². The SMILES string of the molecule is Cc1nc(-c2cccc(NC(=O)CCn3c(=O)[nH]c(=O)c4ccccc43)c2)cs1. The van der Waals surface area contributed by atoms with Crippen LogP contribution < -0.4 is 16.6 Å². The summed E-state index contributed by atoms with van der Waals surface area (Å²) in [5.41, 5.74) is 2.01. The predicted molar refractivity (Wildman–Crippen MR) is 114 cm³/mol. The van der Waals surface area contributed by atoms with Gasteiger partial charge in [-0.3, -0.25) is 19.1 Å². The van der Waals surface area contributed by atoms with Crippen LogP contribution in [0.1, 0.15) is 11.4 Å². The van der Waals surface area contributed by atoms with Gasteiger partial charge in [-0.1, -0.05) is 24.3 Å². The fraction of sp³-hybridized carbons (Fsp3) is 0.143. The summed E-state index contributed by atoms with van der Waals surface area (Å²) in [6, 6.07) is 14.3. The highest BCUT2D eigenvalue weighted by atomic mass is 32.1. The molecule has 0 aliphatic rings. The first-order valence-corrected chi connectivity index (χ1v) is 9.93. The molecule has 0 aliphatic heterocycles. The molecule has 0 saturated carbocycles. The van der Waals surface area contributed by atoms with Crippen LogP contribution >= 0.6 is 11.3 Å². The number of fused-ring (bicyclic) bond motifs is 1. The van der Waals surface area contributed by atoms with E-state index in [1.165, 1.54) is 4.57 Å². The lowest BCUT2D eigenvalue weighted by Gasteiger charge is -2.10. The molecule has 2 aromatic heterocycles. The van der Waals surface area contributed by atoms with Gasteiger partial charge in [0.2, 0.25) is 5.91 Å². The lowest BCUT2D eigenvalue weighted by molar-refractivity contribution is -0.116. The van der Waals surface area contributed by atoms with E-state index >= 15 is 0 Å². The van der Waals surface area contributed by atoms with Crippen molar-refractivity contribution in [1.29, 1.82) is 0 Å². The van der Waals surface area contributed by atoms with Crippen LogP contribution in [0.15, 0.2) is 63.5 Å². The van der Waals surface area contributed by atoms with Crippen molar-refractivity contribution in [2.45, 2.75) is 19.9 Å². The van der Waals surface area contributed by atoms with Gasteiger partial charge >= 0.3 is 5.69 Å². The molecule has 0 saturated heterocycles. The summed E-state index contributed by atoms with van der Waals surface area (Å²) in [6.07, 6.45) is 0.0932. The van der Waals surface area contributed by atoms with Gasteiger partial charge in [-0.05, 0) is 31.2 Å². The van der Waals surface area contributed by atoms with Gasteiger partial charge in [0, 0.05) is 29.6 Å². The van der Waals surface area contributed by atoms with E-state index in [0.717, 1.165) is 16.3 Å². The Kier molecular flexibility index (Phi) is 5.09. The molecule has 0 bridgehead atoms. The number of H-pyrrole nitrogens is 1. The average molecular weight is 406 g/mol. The van der Waals surface area contributed by atoms with E-state index in [9.17, 15) is 14.4 Å². The molecule has 1 amide bonds. The third-order valence-electron chi connectivity index (χ3n) is 4.53. The maximum Gasteiger partial charge on any atom is 0.328 e. The van der Waals surface area contributed by atoms with E-state index in [1.54, 1.807) is 35.6 Å². The van der Waals surface area contributed by atoms with Crippen molar-refractivity contribution in [3.8, 4) is 11.3 Å². The Bertz CT molecular complexity index is 1320. The zero-order valence-corrected chi connectivity index (χ0v) is 16.5. The van der Waals surface area contributed by atoms with Crippen LogP contribution in [0.3, 0.4) is 0 Å². The summed E-state index contributed by atoms with van der Waals surface area (Å²) < 4.78 is 1.41. The number of carbonyl (C=O) groups excluding carboxylic acids is 1. The van der Waals surface area contributed by atoms with E-state index in [-0.39, 0.29) is 18.9 Å². The van der Waals surface area contributed by atoms with Crippen molar-refractivity contribution in [2.24, 2.45) is 0 Å². The number of hydrogen-bond donors (Lipinski definition) is 2. The molecule has 29 heavy (non-hydrogen) atoms. The van der Waals surface area contributed by atoms with Gasteiger partial charge in [0.15, 0.2) is 0 Å². The van der Waals surface area contributed by atoms with Crippen molar-refractivity contribution in [2.75, 3.05) is 5.32 Å². The van der Waals surface area contributed by atoms with E-state index in [2.05, 4.69) is 15.3 Å². The highest BCUT2D eigenvalue weighted by Crippen LogP contribution is 2.24. The van der Waals surface area contributed by atoms with E-state index in [1.807, 2.05) is 36.6 Å². The largest absolute Gasteiger partial charge is 0.328 e. The number of carbonyl (C=O) groups is 1. The second kappa shape index (κ2) is 7.84. The van der Waals surface area contributed by atoms with E-state index < -0.39 is 11.2 Å². The molecule has 0 unspecified atom stereocenters. The molecule has 0 aliphatic carbocycles. The zero-order chi connectivity index (χ0) is 20.4. The summed E-state index contributed by atoms with van der Waals surface area (Å²) in [6.45, 7) is 2.11. The highest BCUT2D eigenvalue weighted by Gasteiger charge is 2.10. The number of amides is 1. The number of aryl methyl sites for hydroxylation is 2. The number of hydrogen-bond acceptors (Lipinski definition) is 5. The van der Waals surface area contributed by atoms with Crippen LogP contribution in [0, 0.1) is 6.92 Å². The molecule has 2 heterocycles. The molecule has 7 nitrogen and oxygen atoms in total. The number of para-hydroxylation sites is 1. The van der Waals surface area contributed by atoms with E-state index in [0.29, 0.717) is 16.6 Å². The third kappa shape index (κ3) is 4.02. The zero-order valence-electron chi connectivity index (χ0n) is 15.6. The minimum atomic E-state index is -0.526. The fourth-order valence-corrected chi connectivity index (χ4v) is 3.78. The number of aromatic nitrogens is 3. The number of thiazole rings is 1. The van der Waals surface area contributed by atoms with Crippen LogP contribution in [-0.2, 0) is 11.3 Å². The number of nitrogens with zero attached hydrogens (tertiary/aromatic N) is 2. The first-order valence-electron chi connectivity index (χ1n) is 9.05. The lowest BCUT2D eigenvalue weighted by Crippen LogP contribution is -2.31. The molecule has 2 N–H and O–H groups in total. The van der Waals surface area contributed by atoms with Crippen LogP contribution in [0.5, 0.6) is 0 Å². The van der Waals surface area contributed by atoms with Gasteiger partial charge in [0.25, 0.3) is 5.56 Å². The van der Waals surface area contributed by atoms with Crippen LogP contribution in [0.4, 0.5) is 5.69 Å².